The third-order valence-corrected chi connectivity index (χ3v) is 10.8. The van der Waals surface area contributed by atoms with Crippen LogP contribution in [0.3, 0.4) is 0 Å². The summed E-state index contributed by atoms with van der Waals surface area (Å²) in [6.45, 7) is 7.82. The molecule has 1 saturated carbocycles. The molecule has 5 rings (SSSR count). The summed E-state index contributed by atoms with van der Waals surface area (Å²) in [6.07, 6.45) is 15.3. The number of carbonyl (C=O) groups excluding carboxylic acids is 3. The Bertz CT molecular complexity index is 961. The molecular formula is C29H43N3O4S. The number of aliphatic hydroxyl groups is 1. The van der Waals surface area contributed by atoms with Gasteiger partial charge in [0.25, 0.3) is 0 Å². The van der Waals surface area contributed by atoms with Gasteiger partial charge in [-0.05, 0) is 31.6 Å². The summed E-state index contributed by atoms with van der Waals surface area (Å²) in [5.74, 6) is -0.940. The molecule has 0 bridgehead atoms. The van der Waals surface area contributed by atoms with E-state index >= 15 is 0 Å². The Morgan fingerprint density at radius 1 is 1.05 bits per heavy atom. The third-order valence-electron chi connectivity index (χ3n) is 9.07. The molecule has 0 aromatic carbocycles. The van der Waals surface area contributed by atoms with Crippen LogP contribution >= 0.6 is 11.8 Å². The predicted molar refractivity (Wildman–Crippen MR) is 146 cm³/mol. The second kappa shape index (κ2) is 10.8. The highest BCUT2D eigenvalue weighted by atomic mass is 32.2. The molecule has 4 heterocycles. The van der Waals surface area contributed by atoms with Gasteiger partial charge in [-0.15, -0.1) is 11.8 Å². The summed E-state index contributed by atoms with van der Waals surface area (Å²) in [5, 5.41) is 10.4. The van der Waals surface area contributed by atoms with Gasteiger partial charge in [-0.2, -0.15) is 0 Å². The van der Waals surface area contributed by atoms with Crippen LogP contribution in [0.25, 0.3) is 0 Å². The molecule has 204 valence electrons. The normalized spacial score (nSPS) is 35.1. The molecule has 8 heteroatoms. The zero-order valence-electron chi connectivity index (χ0n) is 22.6. The van der Waals surface area contributed by atoms with Crippen molar-refractivity contribution in [1.29, 1.82) is 0 Å². The van der Waals surface area contributed by atoms with Gasteiger partial charge >= 0.3 is 0 Å². The largest absolute Gasteiger partial charge is 0.394 e. The fourth-order valence-electron chi connectivity index (χ4n) is 7.55. The predicted octanol–water partition coefficient (Wildman–Crippen LogP) is 3.23. The average molecular weight is 530 g/mol. The Morgan fingerprint density at radius 2 is 1.81 bits per heavy atom. The number of amides is 3. The van der Waals surface area contributed by atoms with Gasteiger partial charge in [0.05, 0.1) is 29.2 Å². The molecule has 1 N–H and O–H groups in total. The zero-order chi connectivity index (χ0) is 26.3. The van der Waals surface area contributed by atoms with Gasteiger partial charge in [0.15, 0.2) is 0 Å². The number of thioether (sulfide) groups is 1. The van der Waals surface area contributed by atoms with Crippen molar-refractivity contribution in [2.24, 2.45) is 17.8 Å². The van der Waals surface area contributed by atoms with Crippen LogP contribution in [0.15, 0.2) is 24.3 Å². The number of rotatable bonds is 7. The first-order valence-electron chi connectivity index (χ1n) is 14.4. The zero-order valence-corrected chi connectivity index (χ0v) is 23.4. The number of hydrogen-bond donors (Lipinski definition) is 1. The molecule has 3 fully saturated rings. The van der Waals surface area contributed by atoms with Crippen molar-refractivity contribution in [3.05, 3.63) is 24.3 Å². The van der Waals surface area contributed by atoms with Gasteiger partial charge < -0.3 is 19.8 Å². The van der Waals surface area contributed by atoms with Crippen LogP contribution in [0.2, 0.25) is 0 Å². The topological polar surface area (TPSA) is 81.2 Å². The monoisotopic (exact) mass is 529 g/mol. The van der Waals surface area contributed by atoms with Gasteiger partial charge in [-0.25, -0.2) is 0 Å². The van der Waals surface area contributed by atoms with E-state index in [0.717, 1.165) is 32.1 Å². The summed E-state index contributed by atoms with van der Waals surface area (Å²) >= 11 is 1.64. The lowest BCUT2D eigenvalue weighted by Crippen LogP contribution is -2.58. The minimum absolute atomic E-state index is 0.000702. The Labute approximate surface area is 225 Å². The number of carbonyl (C=O) groups is 3. The number of nitrogens with zero attached hydrogens (tertiary/aromatic N) is 3. The molecule has 1 aliphatic carbocycles. The molecule has 0 radical (unpaired) electrons. The van der Waals surface area contributed by atoms with Crippen molar-refractivity contribution in [2.45, 2.75) is 93.8 Å². The number of aliphatic hydroxyl groups excluding tert-OH is 1. The molecule has 7 nitrogen and oxygen atoms in total. The fourth-order valence-corrected chi connectivity index (χ4v) is 9.55. The lowest BCUT2D eigenvalue weighted by atomic mass is 9.78. The quantitative estimate of drug-likeness (QED) is 0.512. The van der Waals surface area contributed by atoms with E-state index in [1.54, 1.807) is 16.7 Å². The van der Waals surface area contributed by atoms with Crippen LogP contribution in [-0.2, 0) is 14.4 Å². The Hall–Kier alpha value is -1.80. The first-order chi connectivity index (χ1) is 17.8. The molecule has 0 aromatic heterocycles. The SMILES string of the molecule is CCCN1CC=C[C@H]2S[C@]34C=CCN(C5CCCCC5)C(=O)C3N([C@@H](CO)CC(C)C)C(=O)[C@@H]4[C@H]2C1=O. The highest BCUT2D eigenvalue weighted by molar-refractivity contribution is 8.02. The molecule has 3 amide bonds. The van der Waals surface area contributed by atoms with E-state index in [-0.39, 0.29) is 41.5 Å². The molecule has 4 aliphatic heterocycles. The standard InChI is InChI=1S/C29H43N3O4S/c1-4-14-30-15-8-12-22-23(26(30)34)24-27(35)32(21(18-33)17-19(2)3)25-28(36)31(20-10-6-5-7-11-20)16-9-13-29(24,25)37-22/h8-9,12-13,19-25,33H,4-7,10-11,14-18H2,1-3H3/t21-,22-,23+,24+,25?,29+/m1/s1. The molecule has 37 heavy (non-hydrogen) atoms. The van der Waals surface area contributed by atoms with E-state index < -0.39 is 28.7 Å². The molecule has 1 unspecified atom stereocenters. The minimum Gasteiger partial charge on any atom is -0.394 e. The summed E-state index contributed by atoms with van der Waals surface area (Å²) in [4.78, 5) is 48.5. The van der Waals surface area contributed by atoms with Crippen molar-refractivity contribution < 1.29 is 19.5 Å². The third kappa shape index (κ3) is 4.46. The number of fused-ring (bicyclic) bond motifs is 2. The summed E-state index contributed by atoms with van der Waals surface area (Å²) in [6, 6.07) is -0.946. The smallest absolute Gasteiger partial charge is 0.247 e. The van der Waals surface area contributed by atoms with Crippen LogP contribution in [-0.4, -0.2) is 91.9 Å². The molecule has 5 aliphatic rings. The Kier molecular flexibility index (Phi) is 7.79. The van der Waals surface area contributed by atoms with Crippen molar-refractivity contribution >= 4 is 29.5 Å². The van der Waals surface area contributed by atoms with E-state index in [9.17, 15) is 19.5 Å². The highest BCUT2D eigenvalue weighted by Gasteiger charge is 2.71. The van der Waals surface area contributed by atoms with Crippen LogP contribution in [0, 0.1) is 17.8 Å². The van der Waals surface area contributed by atoms with Gasteiger partial charge in [-0.1, -0.05) is 64.3 Å². The second-order valence-electron chi connectivity index (χ2n) is 12.0. The minimum atomic E-state index is -0.799. The summed E-state index contributed by atoms with van der Waals surface area (Å²) in [7, 11) is 0. The van der Waals surface area contributed by atoms with Crippen LogP contribution < -0.4 is 0 Å². The van der Waals surface area contributed by atoms with Crippen LogP contribution in [0.4, 0.5) is 0 Å². The summed E-state index contributed by atoms with van der Waals surface area (Å²) in [5.41, 5.74) is 0. The van der Waals surface area contributed by atoms with Crippen molar-refractivity contribution in [3.8, 4) is 0 Å². The Balaban J connectivity index is 1.60. The lowest BCUT2D eigenvalue weighted by Gasteiger charge is -2.41. The van der Waals surface area contributed by atoms with Gasteiger partial charge in [0.2, 0.25) is 17.7 Å². The first-order valence-corrected chi connectivity index (χ1v) is 15.3. The van der Waals surface area contributed by atoms with E-state index in [2.05, 4.69) is 45.1 Å². The fraction of sp³-hybridized carbons (Fsp3) is 0.759. The van der Waals surface area contributed by atoms with E-state index in [1.165, 1.54) is 6.42 Å². The number of hydrogen-bond acceptors (Lipinski definition) is 5. The molecule has 1 spiro atoms. The Morgan fingerprint density at radius 3 is 2.49 bits per heavy atom. The lowest BCUT2D eigenvalue weighted by molar-refractivity contribution is -0.148. The molecular weight excluding hydrogens is 486 g/mol. The van der Waals surface area contributed by atoms with Crippen molar-refractivity contribution in [2.75, 3.05) is 26.2 Å². The first kappa shape index (κ1) is 26.8. The van der Waals surface area contributed by atoms with Crippen LogP contribution in [0.5, 0.6) is 0 Å². The van der Waals surface area contributed by atoms with Crippen molar-refractivity contribution in [1.82, 2.24) is 14.7 Å². The van der Waals surface area contributed by atoms with E-state index in [4.69, 9.17) is 0 Å². The second-order valence-corrected chi connectivity index (χ2v) is 13.4. The van der Waals surface area contributed by atoms with Gasteiger partial charge in [-0.3, -0.25) is 14.4 Å². The molecule has 2 saturated heterocycles. The van der Waals surface area contributed by atoms with Gasteiger partial charge in [0.1, 0.15) is 6.04 Å². The average Bonchev–Trinajstić information content (AvgIpc) is 3.21. The van der Waals surface area contributed by atoms with E-state index in [1.807, 2.05) is 9.80 Å². The number of likely N-dealkylation sites (tertiary alicyclic amines) is 1. The van der Waals surface area contributed by atoms with Crippen molar-refractivity contribution in [3.63, 3.8) is 0 Å². The maximum absolute atomic E-state index is 14.5. The summed E-state index contributed by atoms with van der Waals surface area (Å²) < 4.78 is -0.799. The maximum Gasteiger partial charge on any atom is 0.247 e. The molecule has 0 aromatic rings. The molecule has 6 atom stereocenters. The van der Waals surface area contributed by atoms with E-state index in [0.29, 0.717) is 26.1 Å². The van der Waals surface area contributed by atoms with Crippen LogP contribution in [0.1, 0.15) is 65.7 Å². The highest BCUT2D eigenvalue weighted by Crippen LogP contribution is 2.61. The van der Waals surface area contributed by atoms with Gasteiger partial charge in [0, 0.05) is 30.9 Å². The maximum atomic E-state index is 14.5.